The average Bonchev–Trinajstić information content (AvgIpc) is 2.81. The standard InChI is InChI=1S/C12H9BrClN3O/c13-8-3-6(1-2-9(8)14)11-16-10-5-15-4-7(10)12(18)17-11/h1-3,15H,4-5H2,(H,16,17,18). The van der Waals surface area contributed by atoms with E-state index in [4.69, 9.17) is 11.6 Å². The quantitative estimate of drug-likeness (QED) is 0.846. The Balaban J connectivity index is 2.15. The molecule has 6 heteroatoms. The molecule has 2 aromatic rings. The highest BCUT2D eigenvalue weighted by atomic mass is 79.9. The van der Waals surface area contributed by atoms with Gasteiger partial charge in [0.05, 0.1) is 16.3 Å². The zero-order valence-corrected chi connectivity index (χ0v) is 11.6. The van der Waals surface area contributed by atoms with Gasteiger partial charge in [-0.15, -0.1) is 0 Å². The molecular weight excluding hydrogens is 318 g/mol. The Hall–Kier alpha value is -1.17. The number of nitrogens with one attached hydrogen (secondary N) is 2. The minimum atomic E-state index is -0.0777. The van der Waals surface area contributed by atoms with Gasteiger partial charge < -0.3 is 10.3 Å². The molecule has 0 fully saturated rings. The smallest absolute Gasteiger partial charge is 0.255 e. The van der Waals surface area contributed by atoms with Gasteiger partial charge in [0, 0.05) is 23.1 Å². The van der Waals surface area contributed by atoms with Crippen LogP contribution in [0.2, 0.25) is 5.02 Å². The number of hydrogen-bond acceptors (Lipinski definition) is 3. The summed E-state index contributed by atoms with van der Waals surface area (Å²) in [6, 6.07) is 5.45. The number of rotatable bonds is 1. The van der Waals surface area contributed by atoms with Crippen molar-refractivity contribution < 1.29 is 0 Å². The van der Waals surface area contributed by atoms with E-state index in [2.05, 4.69) is 31.2 Å². The predicted molar refractivity (Wildman–Crippen MR) is 73.5 cm³/mol. The highest BCUT2D eigenvalue weighted by Gasteiger charge is 2.17. The Bertz CT molecular complexity index is 684. The van der Waals surface area contributed by atoms with Crippen molar-refractivity contribution in [2.24, 2.45) is 0 Å². The number of hydrogen-bond donors (Lipinski definition) is 2. The van der Waals surface area contributed by atoms with E-state index >= 15 is 0 Å². The first-order valence-electron chi connectivity index (χ1n) is 5.43. The molecule has 1 aliphatic heterocycles. The van der Waals surface area contributed by atoms with Gasteiger partial charge in [0.25, 0.3) is 5.56 Å². The first-order chi connectivity index (χ1) is 8.65. The summed E-state index contributed by atoms with van der Waals surface area (Å²) in [5.41, 5.74) is 2.30. The Morgan fingerprint density at radius 1 is 1.33 bits per heavy atom. The maximum atomic E-state index is 11.9. The highest BCUT2D eigenvalue weighted by molar-refractivity contribution is 9.10. The second-order valence-electron chi connectivity index (χ2n) is 4.07. The van der Waals surface area contributed by atoms with E-state index in [1.54, 1.807) is 6.07 Å². The van der Waals surface area contributed by atoms with Gasteiger partial charge in [0.2, 0.25) is 0 Å². The van der Waals surface area contributed by atoms with Crippen LogP contribution in [0, 0.1) is 0 Å². The van der Waals surface area contributed by atoms with E-state index in [0.717, 1.165) is 21.3 Å². The van der Waals surface area contributed by atoms with E-state index < -0.39 is 0 Å². The average molecular weight is 327 g/mol. The van der Waals surface area contributed by atoms with E-state index in [9.17, 15) is 4.79 Å². The van der Waals surface area contributed by atoms with Crippen LogP contribution in [0.5, 0.6) is 0 Å². The van der Waals surface area contributed by atoms with E-state index in [0.29, 0.717) is 23.9 Å². The second kappa shape index (κ2) is 4.50. The van der Waals surface area contributed by atoms with Gasteiger partial charge in [-0.1, -0.05) is 11.6 Å². The summed E-state index contributed by atoms with van der Waals surface area (Å²) in [4.78, 5) is 19.2. The molecule has 1 aromatic heterocycles. The minimum absolute atomic E-state index is 0.0777. The van der Waals surface area contributed by atoms with E-state index in [1.807, 2.05) is 12.1 Å². The third-order valence-corrected chi connectivity index (χ3v) is 4.10. The number of H-pyrrole nitrogens is 1. The fourth-order valence-corrected chi connectivity index (χ4v) is 2.46. The van der Waals surface area contributed by atoms with E-state index in [-0.39, 0.29) is 5.56 Å². The monoisotopic (exact) mass is 325 g/mol. The van der Waals surface area contributed by atoms with Gasteiger partial charge in [-0.25, -0.2) is 4.98 Å². The number of fused-ring (bicyclic) bond motifs is 1. The third-order valence-electron chi connectivity index (χ3n) is 2.89. The topological polar surface area (TPSA) is 57.8 Å². The lowest BCUT2D eigenvalue weighted by atomic mass is 10.2. The van der Waals surface area contributed by atoms with Crippen molar-refractivity contribution in [3.8, 4) is 11.4 Å². The summed E-state index contributed by atoms with van der Waals surface area (Å²) in [5, 5.41) is 3.74. The van der Waals surface area contributed by atoms with E-state index in [1.165, 1.54) is 0 Å². The zero-order chi connectivity index (χ0) is 12.7. The maximum Gasteiger partial charge on any atom is 0.255 e. The van der Waals surface area contributed by atoms with Crippen LogP contribution in [0.4, 0.5) is 0 Å². The van der Waals surface area contributed by atoms with Crippen molar-refractivity contribution in [1.82, 2.24) is 15.3 Å². The molecule has 92 valence electrons. The van der Waals surface area contributed by atoms with Crippen LogP contribution in [-0.4, -0.2) is 9.97 Å². The Morgan fingerprint density at radius 3 is 2.94 bits per heavy atom. The second-order valence-corrected chi connectivity index (χ2v) is 5.33. The molecule has 18 heavy (non-hydrogen) atoms. The summed E-state index contributed by atoms with van der Waals surface area (Å²) in [6.45, 7) is 1.23. The molecule has 2 N–H and O–H groups in total. The van der Waals surface area contributed by atoms with Crippen LogP contribution < -0.4 is 10.9 Å². The third kappa shape index (κ3) is 1.98. The number of halogens is 2. The summed E-state index contributed by atoms with van der Waals surface area (Å²) in [6.07, 6.45) is 0. The lowest BCUT2D eigenvalue weighted by molar-refractivity contribution is 0.757. The number of nitrogens with zero attached hydrogens (tertiary/aromatic N) is 1. The van der Waals surface area contributed by atoms with Crippen molar-refractivity contribution in [1.29, 1.82) is 0 Å². The molecule has 2 heterocycles. The first-order valence-corrected chi connectivity index (χ1v) is 6.60. The maximum absolute atomic E-state index is 11.9. The molecule has 0 saturated heterocycles. The van der Waals surface area contributed by atoms with Crippen LogP contribution in [0.25, 0.3) is 11.4 Å². The molecule has 1 aliphatic rings. The van der Waals surface area contributed by atoms with Gasteiger partial charge >= 0.3 is 0 Å². The number of aromatic amines is 1. The summed E-state index contributed by atoms with van der Waals surface area (Å²) in [5.74, 6) is 0.569. The molecule has 0 radical (unpaired) electrons. The summed E-state index contributed by atoms with van der Waals surface area (Å²) < 4.78 is 0.780. The van der Waals surface area contributed by atoms with Gasteiger partial charge in [-0.3, -0.25) is 4.79 Å². The van der Waals surface area contributed by atoms with Crippen LogP contribution >= 0.6 is 27.5 Å². The van der Waals surface area contributed by atoms with Gasteiger partial charge in [0.1, 0.15) is 5.82 Å². The number of aromatic nitrogens is 2. The lowest BCUT2D eigenvalue weighted by Gasteiger charge is -2.05. The molecule has 0 aliphatic carbocycles. The molecule has 0 unspecified atom stereocenters. The fourth-order valence-electron chi connectivity index (χ4n) is 1.96. The molecular formula is C12H9BrClN3O. The first kappa shape index (κ1) is 11.9. The van der Waals surface area contributed by atoms with Crippen LogP contribution in [-0.2, 0) is 13.1 Å². The van der Waals surface area contributed by atoms with Crippen LogP contribution in [0.3, 0.4) is 0 Å². The van der Waals surface area contributed by atoms with Gasteiger partial charge in [-0.05, 0) is 34.1 Å². The number of benzene rings is 1. The van der Waals surface area contributed by atoms with Gasteiger partial charge in [-0.2, -0.15) is 0 Å². The van der Waals surface area contributed by atoms with Crippen LogP contribution in [0.15, 0.2) is 27.5 Å². The normalized spacial score (nSPS) is 13.7. The molecule has 0 bridgehead atoms. The summed E-state index contributed by atoms with van der Waals surface area (Å²) >= 11 is 9.30. The highest BCUT2D eigenvalue weighted by Crippen LogP contribution is 2.27. The Labute approximate surface area is 117 Å². The molecule has 1 aromatic carbocycles. The zero-order valence-electron chi connectivity index (χ0n) is 9.26. The lowest BCUT2D eigenvalue weighted by Crippen LogP contribution is -2.15. The molecule has 0 amide bonds. The van der Waals surface area contributed by atoms with Crippen molar-refractivity contribution in [3.63, 3.8) is 0 Å². The molecule has 0 atom stereocenters. The minimum Gasteiger partial charge on any atom is -0.307 e. The van der Waals surface area contributed by atoms with Crippen molar-refractivity contribution in [3.05, 3.63) is 49.3 Å². The fraction of sp³-hybridized carbons (Fsp3) is 0.167. The van der Waals surface area contributed by atoms with Crippen molar-refractivity contribution >= 4 is 27.5 Å². The van der Waals surface area contributed by atoms with Crippen molar-refractivity contribution in [2.75, 3.05) is 0 Å². The van der Waals surface area contributed by atoms with Crippen molar-refractivity contribution in [2.45, 2.75) is 13.1 Å². The molecule has 4 nitrogen and oxygen atoms in total. The predicted octanol–water partition coefficient (Wildman–Crippen LogP) is 2.46. The Kier molecular flexibility index (Phi) is 2.97. The molecule has 0 saturated carbocycles. The molecule has 0 spiro atoms. The summed E-state index contributed by atoms with van der Waals surface area (Å²) in [7, 11) is 0. The SMILES string of the molecule is O=c1[nH]c(-c2ccc(Cl)c(Br)c2)nc2c1CNC2. The Morgan fingerprint density at radius 2 is 2.17 bits per heavy atom. The van der Waals surface area contributed by atoms with Crippen LogP contribution in [0.1, 0.15) is 11.3 Å². The molecule has 3 rings (SSSR count). The van der Waals surface area contributed by atoms with Gasteiger partial charge in [0.15, 0.2) is 0 Å². The largest absolute Gasteiger partial charge is 0.307 e.